The molecular formula is C76H58Cl3F3N8O9S3. The number of nitrogens with zero attached hydrogens (tertiary/aromatic N) is 5. The standard InChI is InChI=1S/C26H20ClFN2O3S.2C25H19ClFN3O3S/c27-23-5-3-4-17-8-7-16(12-20(17)23)13-25(31)22-15-21(22)19-10-9-18(14-24(19)28)34(32,33)30-26-6-1-2-11-29-26;26-23-14-29-13-16-2-1-15(9-20(16)23)10-25(31)22-12-21(22)19-4-3-18(11-24(19)27)34(32,33)30-17-5-7-28-8-6-17;26-23-14-29-12-16-4-3-15(8-20(16)23)9-25(31)22-11-21(22)19-6-5-18(10-24(19)27)34(32,33)30-17-2-1-7-28-13-17/h1-12,14,21-22H,13,15H2,(H,29,30);1-9,11,13-14,21-22H,10,12H2,(H,28,30);1-8,10,12-14,21-22,30H,9,11H2/t3*21?,22-/m111/s1. The SMILES string of the molecule is O=C(Cc1ccc2cccc(Cl)c2c1)[C@@H]1CC1c1ccc(S(=O)(=O)Nc2ccccn2)cc1F.O=C(Cc1ccc2cncc(Cl)c2c1)[C@@H]1CC1c1ccc(S(=O)(=O)Nc2cccnc2)cc1F.O=C(Cc1ccc2cncc(Cl)c2c1)[C@@H]1CC1c1ccc(S(=O)(=O)Nc2ccncc2)cc1F. The van der Waals surface area contributed by atoms with Crippen LogP contribution >= 0.6 is 34.8 Å². The van der Waals surface area contributed by atoms with Crippen molar-refractivity contribution in [1.29, 1.82) is 0 Å². The third-order valence-electron chi connectivity index (χ3n) is 18.0. The number of Topliss-reactive ketones (excluding diaryl/α,β-unsaturated/α-hetero) is 3. The number of pyridine rings is 5. The molecule has 12 aromatic rings. The van der Waals surface area contributed by atoms with E-state index in [-0.39, 0.29) is 98.3 Å². The van der Waals surface area contributed by atoms with Crippen LogP contribution in [0.5, 0.6) is 0 Å². The molecule has 5 aromatic heterocycles. The number of aromatic nitrogens is 5. The lowest BCUT2D eigenvalue weighted by Gasteiger charge is -2.10. The molecule has 0 radical (unpaired) electrons. The molecule has 0 aliphatic heterocycles. The molecule has 3 aliphatic rings. The maximum atomic E-state index is 14.9. The van der Waals surface area contributed by atoms with Gasteiger partial charge < -0.3 is 0 Å². The van der Waals surface area contributed by atoms with E-state index in [9.17, 15) is 52.8 Å². The molecule has 3 fully saturated rings. The molecule has 3 aliphatic carbocycles. The molecule has 3 N–H and O–H groups in total. The highest BCUT2D eigenvalue weighted by Gasteiger charge is 2.47. The van der Waals surface area contributed by atoms with E-state index in [1.807, 2.05) is 72.8 Å². The highest BCUT2D eigenvalue weighted by molar-refractivity contribution is 7.93. The van der Waals surface area contributed by atoms with Crippen LogP contribution in [0.4, 0.5) is 30.4 Å². The van der Waals surface area contributed by atoms with Crippen LogP contribution in [-0.4, -0.2) is 67.5 Å². The fraction of sp³-hybridized carbons (Fsp3) is 0.158. The van der Waals surface area contributed by atoms with E-state index in [2.05, 4.69) is 39.1 Å². The monoisotopic (exact) mass is 1480 g/mol. The number of ketones is 3. The number of sulfonamides is 3. The summed E-state index contributed by atoms with van der Waals surface area (Å²) in [6.45, 7) is 0. The first-order valence-corrected chi connectivity index (χ1v) is 37.5. The van der Waals surface area contributed by atoms with Gasteiger partial charge in [0.05, 0.1) is 42.3 Å². The minimum Gasteiger partial charge on any atom is -0.299 e. The summed E-state index contributed by atoms with van der Waals surface area (Å²) in [6.07, 6.45) is 16.1. The Kier molecular flexibility index (Phi) is 20.4. The van der Waals surface area contributed by atoms with Gasteiger partial charge in [-0.2, -0.15) is 0 Å². The van der Waals surface area contributed by atoms with E-state index < -0.39 is 47.5 Å². The van der Waals surface area contributed by atoms with Crippen molar-refractivity contribution in [2.45, 2.75) is 71.0 Å². The second-order valence-electron chi connectivity index (χ2n) is 25.0. The maximum absolute atomic E-state index is 14.9. The van der Waals surface area contributed by atoms with Crippen molar-refractivity contribution in [2.24, 2.45) is 17.8 Å². The normalized spacial score (nSPS) is 17.5. The molecule has 0 saturated heterocycles. The smallest absolute Gasteiger partial charge is 0.263 e. The van der Waals surface area contributed by atoms with Gasteiger partial charge >= 0.3 is 0 Å². The van der Waals surface area contributed by atoms with Gasteiger partial charge in [-0.15, -0.1) is 0 Å². The zero-order chi connectivity index (χ0) is 71.6. The van der Waals surface area contributed by atoms with Gasteiger partial charge in [0.1, 0.15) is 40.6 Å². The maximum Gasteiger partial charge on any atom is 0.263 e. The summed E-state index contributed by atoms with van der Waals surface area (Å²) in [7, 11) is -11.9. The van der Waals surface area contributed by atoms with Gasteiger partial charge in [-0.3, -0.25) is 48.5 Å². The summed E-state index contributed by atoms with van der Waals surface area (Å²) >= 11 is 18.7. The Bertz CT molecular complexity index is 5080. The minimum atomic E-state index is -3.98. The third-order valence-corrected chi connectivity index (χ3v) is 23.0. The van der Waals surface area contributed by atoms with Crippen LogP contribution in [-0.2, 0) is 63.7 Å². The summed E-state index contributed by atoms with van der Waals surface area (Å²) < 4.78 is 127. The Labute approximate surface area is 599 Å². The lowest BCUT2D eigenvalue weighted by molar-refractivity contribution is -0.120. The molecule has 15 rings (SSSR count). The Hall–Kier alpha value is -10.0. The van der Waals surface area contributed by atoms with Crippen molar-refractivity contribution in [3.8, 4) is 0 Å². The van der Waals surface area contributed by atoms with E-state index in [1.165, 1.54) is 85.6 Å². The van der Waals surface area contributed by atoms with Crippen molar-refractivity contribution in [2.75, 3.05) is 14.2 Å². The second-order valence-corrected chi connectivity index (χ2v) is 31.3. The summed E-state index contributed by atoms with van der Waals surface area (Å²) in [5, 5.41) is 7.01. The molecule has 0 amide bonds. The van der Waals surface area contributed by atoms with E-state index in [0.717, 1.165) is 67.2 Å². The first-order chi connectivity index (χ1) is 48.9. The largest absolute Gasteiger partial charge is 0.299 e. The van der Waals surface area contributed by atoms with Crippen LogP contribution in [0.1, 0.15) is 70.4 Å². The number of nitrogens with one attached hydrogen (secondary N) is 3. The first kappa shape index (κ1) is 70.4. The van der Waals surface area contributed by atoms with Gasteiger partial charge in [-0.25, -0.2) is 43.4 Å². The predicted octanol–water partition coefficient (Wildman–Crippen LogP) is 16.0. The molecule has 26 heteroatoms. The Balaban J connectivity index is 0.000000137. The Morgan fingerprint density at radius 1 is 0.382 bits per heavy atom. The number of carbonyl (C=O) groups excluding carboxylic acids is 3. The molecule has 6 atom stereocenters. The van der Waals surface area contributed by atoms with Crippen LogP contribution in [0.25, 0.3) is 32.3 Å². The summed E-state index contributed by atoms with van der Waals surface area (Å²) in [4.78, 5) is 57.7. The zero-order valence-corrected chi connectivity index (χ0v) is 58.2. The van der Waals surface area contributed by atoms with Crippen molar-refractivity contribution >= 4 is 132 Å². The van der Waals surface area contributed by atoms with E-state index in [0.29, 0.717) is 56.7 Å². The van der Waals surface area contributed by atoms with Crippen LogP contribution in [0.15, 0.2) is 240 Å². The van der Waals surface area contributed by atoms with Crippen LogP contribution < -0.4 is 14.2 Å². The molecular weight excluding hydrogens is 1430 g/mol. The molecule has 516 valence electrons. The van der Waals surface area contributed by atoms with Gasteiger partial charge in [0.25, 0.3) is 30.1 Å². The molecule has 0 bridgehead atoms. The molecule has 5 heterocycles. The highest BCUT2D eigenvalue weighted by atomic mass is 35.5. The van der Waals surface area contributed by atoms with Crippen molar-refractivity contribution in [3.63, 3.8) is 0 Å². The predicted molar refractivity (Wildman–Crippen MR) is 385 cm³/mol. The number of halogens is 6. The number of fused-ring (bicyclic) bond motifs is 3. The van der Waals surface area contributed by atoms with Crippen LogP contribution in [0.2, 0.25) is 15.1 Å². The van der Waals surface area contributed by atoms with Gasteiger partial charge in [0.2, 0.25) is 0 Å². The lowest BCUT2D eigenvalue weighted by Crippen LogP contribution is -2.14. The summed E-state index contributed by atoms with van der Waals surface area (Å²) in [5.41, 5.74) is 4.21. The van der Waals surface area contributed by atoms with Crippen LogP contribution in [0.3, 0.4) is 0 Å². The lowest BCUT2D eigenvalue weighted by atomic mass is 10.00. The Morgan fingerprint density at radius 2 is 0.824 bits per heavy atom. The van der Waals surface area contributed by atoms with Gasteiger partial charge in [-0.1, -0.05) is 108 Å². The number of rotatable bonds is 21. The van der Waals surface area contributed by atoms with Crippen molar-refractivity contribution in [3.05, 3.63) is 292 Å². The topological polar surface area (TPSA) is 254 Å². The average molecular weight is 1490 g/mol. The van der Waals surface area contributed by atoms with Gasteiger partial charge in [0.15, 0.2) is 0 Å². The number of hydrogen-bond donors (Lipinski definition) is 3. The number of anilines is 3. The molecule has 7 aromatic carbocycles. The molecule has 102 heavy (non-hydrogen) atoms. The number of carbonyl (C=O) groups is 3. The number of benzene rings is 7. The molecule has 17 nitrogen and oxygen atoms in total. The van der Waals surface area contributed by atoms with E-state index in [1.54, 1.807) is 49.1 Å². The third kappa shape index (κ3) is 16.3. The first-order valence-electron chi connectivity index (χ1n) is 31.9. The van der Waals surface area contributed by atoms with Crippen LogP contribution in [0, 0.1) is 35.2 Å². The minimum absolute atomic E-state index is 0.0175. The molecule has 0 spiro atoms. The van der Waals surface area contributed by atoms with E-state index in [4.69, 9.17) is 34.8 Å². The van der Waals surface area contributed by atoms with Crippen molar-refractivity contribution < 1.29 is 52.8 Å². The zero-order valence-electron chi connectivity index (χ0n) is 53.5. The van der Waals surface area contributed by atoms with E-state index >= 15 is 0 Å². The average Bonchev–Trinajstić information content (AvgIpc) is 1.61. The number of hydrogen-bond acceptors (Lipinski definition) is 14. The molecule has 3 saturated carbocycles. The van der Waals surface area contributed by atoms with Gasteiger partial charge in [0, 0.05) is 119 Å². The quantitative estimate of drug-likeness (QED) is 0.0605. The van der Waals surface area contributed by atoms with Gasteiger partial charge in [-0.05, 0) is 173 Å². The van der Waals surface area contributed by atoms with Crippen molar-refractivity contribution in [1.82, 2.24) is 24.9 Å². The summed E-state index contributed by atoms with van der Waals surface area (Å²) in [5.74, 6) is -3.35. The Morgan fingerprint density at radius 3 is 1.25 bits per heavy atom. The molecule has 3 unspecified atom stereocenters. The highest BCUT2D eigenvalue weighted by Crippen LogP contribution is 2.52. The summed E-state index contributed by atoms with van der Waals surface area (Å²) in [6, 6.07) is 45.0. The second kappa shape index (κ2) is 29.5. The fourth-order valence-electron chi connectivity index (χ4n) is 12.5. The fourth-order valence-corrected chi connectivity index (χ4v) is 16.3.